The third kappa shape index (κ3) is 4.60. The van der Waals surface area contributed by atoms with E-state index >= 15 is 0 Å². The van der Waals surface area contributed by atoms with Crippen molar-refractivity contribution in [2.24, 2.45) is 0 Å². The molecule has 0 radical (unpaired) electrons. The Bertz CT molecular complexity index is 667. The summed E-state index contributed by atoms with van der Waals surface area (Å²) >= 11 is 11.8. The third-order valence-corrected chi connectivity index (χ3v) is 3.68. The van der Waals surface area contributed by atoms with Crippen LogP contribution in [0.2, 0.25) is 10.0 Å². The Balaban J connectivity index is 2.12. The quantitative estimate of drug-likeness (QED) is 0.707. The molecule has 2 aromatic carbocycles. The van der Waals surface area contributed by atoms with E-state index in [1.807, 2.05) is 32.0 Å². The molecule has 2 aromatic rings. The first-order valence-electron chi connectivity index (χ1n) is 7.16. The zero-order valence-electron chi connectivity index (χ0n) is 13.2. The van der Waals surface area contributed by atoms with Crippen molar-refractivity contribution in [2.45, 2.75) is 26.5 Å². The molecule has 0 heterocycles. The molecule has 0 bridgehead atoms. The summed E-state index contributed by atoms with van der Waals surface area (Å²) in [5, 5.41) is 13.2. The number of methoxy groups -OCH3 is 1. The Morgan fingerprint density at radius 3 is 2.30 bits per heavy atom. The Morgan fingerprint density at radius 2 is 1.74 bits per heavy atom. The molecule has 0 unspecified atom stereocenters. The van der Waals surface area contributed by atoms with Crippen molar-refractivity contribution >= 4 is 28.9 Å². The second kappa shape index (κ2) is 7.66. The fraction of sp³-hybridized carbons (Fsp3) is 0.294. The summed E-state index contributed by atoms with van der Waals surface area (Å²) in [6.07, 6.45) is 0.0779. The van der Waals surface area contributed by atoms with Crippen molar-refractivity contribution < 1.29 is 14.6 Å². The molecule has 0 spiro atoms. The average Bonchev–Trinajstić information content (AvgIpc) is 2.50. The van der Waals surface area contributed by atoms with E-state index in [-0.39, 0.29) is 21.9 Å². The van der Waals surface area contributed by atoms with Gasteiger partial charge in [0.15, 0.2) is 17.2 Å². The number of rotatable bonds is 6. The Morgan fingerprint density at radius 1 is 1.09 bits per heavy atom. The molecule has 0 amide bonds. The van der Waals surface area contributed by atoms with Gasteiger partial charge in [-0.2, -0.15) is 0 Å². The second-order valence-electron chi connectivity index (χ2n) is 5.29. The molecule has 0 fully saturated rings. The van der Waals surface area contributed by atoms with Crippen LogP contribution in [-0.2, 0) is 6.54 Å². The molecule has 0 aliphatic rings. The molecule has 2 rings (SSSR count). The number of nitrogens with one attached hydrogen (secondary N) is 1. The highest BCUT2D eigenvalue weighted by Gasteiger charge is 2.09. The van der Waals surface area contributed by atoms with Gasteiger partial charge >= 0.3 is 0 Å². The number of benzene rings is 2. The van der Waals surface area contributed by atoms with Gasteiger partial charge in [0.05, 0.1) is 23.3 Å². The zero-order valence-corrected chi connectivity index (χ0v) is 14.7. The van der Waals surface area contributed by atoms with E-state index in [1.165, 1.54) is 0 Å². The minimum atomic E-state index is -0.115. The SMILES string of the molecule is COc1cc(CNc2cc(Cl)c(O)c(Cl)c2)ccc1OC(C)C. The molecular weight excluding hydrogens is 337 g/mol. The van der Waals surface area contributed by atoms with Crippen LogP contribution in [0.15, 0.2) is 30.3 Å². The van der Waals surface area contributed by atoms with Crippen LogP contribution in [0.25, 0.3) is 0 Å². The molecule has 0 aliphatic heterocycles. The first kappa shape index (κ1) is 17.6. The van der Waals surface area contributed by atoms with Crippen molar-refractivity contribution in [3.05, 3.63) is 45.9 Å². The molecule has 4 nitrogen and oxygen atoms in total. The van der Waals surface area contributed by atoms with Gasteiger partial charge in [-0.05, 0) is 43.7 Å². The van der Waals surface area contributed by atoms with E-state index in [9.17, 15) is 5.11 Å². The van der Waals surface area contributed by atoms with E-state index in [1.54, 1.807) is 19.2 Å². The molecule has 0 aromatic heterocycles. The van der Waals surface area contributed by atoms with Gasteiger partial charge in [-0.15, -0.1) is 0 Å². The Kier molecular flexibility index (Phi) is 5.85. The second-order valence-corrected chi connectivity index (χ2v) is 6.11. The summed E-state index contributed by atoms with van der Waals surface area (Å²) in [6, 6.07) is 8.99. The van der Waals surface area contributed by atoms with Crippen molar-refractivity contribution in [1.29, 1.82) is 0 Å². The minimum Gasteiger partial charge on any atom is -0.505 e. The number of anilines is 1. The first-order valence-corrected chi connectivity index (χ1v) is 7.91. The van der Waals surface area contributed by atoms with Crippen LogP contribution in [0, 0.1) is 0 Å². The van der Waals surface area contributed by atoms with Crippen molar-refractivity contribution in [3.63, 3.8) is 0 Å². The molecule has 0 saturated carbocycles. The van der Waals surface area contributed by atoms with Gasteiger partial charge < -0.3 is 19.9 Å². The monoisotopic (exact) mass is 355 g/mol. The minimum absolute atomic E-state index is 0.0779. The summed E-state index contributed by atoms with van der Waals surface area (Å²) in [4.78, 5) is 0. The Labute approximate surface area is 145 Å². The van der Waals surface area contributed by atoms with E-state index in [0.717, 1.165) is 11.3 Å². The van der Waals surface area contributed by atoms with Gasteiger partial charge in [0.2, 0.25) is 0 Å². The van der Waals surface area contributed by atoms with Gasteiger partial charge in [-0.25, -0.2) is 0 Å². The molecule has 2 N–H and O–H groups in total. The zero-order chi connectivity index (χ0) is 17.0. The number of aromatic hydroxyl groups is 1. The van der Waals surface area contributed by atoms with Crippen LogP contribution >= 0.6 is 23.2 Å². The summed E-state index contributed by atoms with van der Waals surface area (Å²) < 4.78 is 11.1. The highest BCUT2D eigenvalue weighted by atomic mass is 35.5. The van der Waals surface area contributed by atoms with Crippen molar-refractivity contribution in [2.75, 3.05) is 12.4 Å². The average molecular weight is 356 g/mol. The fourth-order valence-electron chi connectivity index (χ4n) is 2.04. The van der Waals surface area contributed by atoms with E-state index in [2.05, 4.69) is 5.32 Å². The standard InChI is InChI=1S/C17H19Cl2NO3/c1-10(2)23-15-5-4-11(6-16(15)22-3)9-20-12-7-13(18)17(21)14(19)8-12/h4-8,10,20-21H,9H2,1-3H3. The third-order valence-electron chi connectivity index (χ3n) is 3.10. The van der Waals surface area contributed by atoms with Crippen LogP contribution in [0.1, 0.15) is 19.4 Å². The number of halogens is 2. The van der Waals surface area contributed by atoms with Crippen LogP contribution in [0.5, 0.6) is 17.2 Å². The lowest BCUT2D eigenvalue weighted by atomic mass is 10.2. The van der Waals surface area contributed by atoms with Crippen molar-refractivity contribution in [3.8, 4) is 17.2 Å². The number of ether oxygens (including phenoxy) is 2. The van der Waals surface area contributed by atoms with Crippen LogP contribution in [0.4, 0.5) is 5.69 Å². The predicted molar refractivity (Wildman–Crippen MR) is 94.2 cm³/mol. The molecule has 6 heteroatoms. The van der Waals surface area contributed by atoms with E-state index in [4.69, 9.17) is 32.7 Å². The number of phenolic OH excluding ortho intramolecular Hbond substituents is 1. The molecule has 124 valence electrons. The van der Waals surface area contributed by atoms with Gasteiger partial charge in [0, 0.05) is 12.2 Å². The topological polar surface area (TPSA) is 50.7 Å². The van der Waals surface area contributed by atoms with Crippen molar-refractivity contribution in [1.82, 2.24) is 0 Å². The normalized spacial score (nSPS) is 10.7. The summed E-state index contributed by atoms with van der Waals surface area (Å²) in [7, 11) is 1.61. The van der Waals surface area contributed by atoms with Crippen LogP contribution in [-0.4, -0.2) is 18.3 Å². The highest BCUT2D eigenvalue weighted by Crippen LogP contribution is 2.35. The van der Waals surface area contributed by atoms with Gasteiger partial charge in [-0.1, -0.05) is 29.3 Å². The van der Waals surface area contributed by atoms with Gasteiger partial charge in [0.1, 0.15) is 0 Å². The maximum Gasteiger partial charge on any atom is 0.161 e. The summed E-state index contributed by atoms with van der Waals surface area (Å²) in [5.41, 5.74) is 1.73. The number of hydrogen-bond acceptors (Lipinski definition) is 4. The predicted octanol–water partition coefficient (Wildman–Crippen LogP) is 5.11. The highest BCUT2D eigenvalue weighted by molar-refractivity contribution is 6.37. The maximum absolute atomic E-state index is 9.56. The smallest absolute Gasteiger partial charge is 0.161 e. The first-order chi connectivity index (χ1) is 10.9. The van der Waals surface area contributed by atoms with E-state index in [0.29, 0.717) is 18.0 Å². The lowest BCUT2D eigenvalue weighted by Gasteiger charge is -2.15. The number of phenols is 1. The van der Waals surface area contributed by atoms with E-state index < -0.39 is 0 Å². The Hall–Kier alpha value is -1.78. The summed E-state index contributed by atoms with van der Waals surface area (Å²) in [6.45, 7) is 4.48. The van der Waals surface area contributed by atoms with Crippen LogP contribution < -0.4 is 14.8 Å². The molecule has 0 atom stereocenters. The fourth-order valence-corrected chi connectivity index (χ4v) is 2.53. The lowest BCUT2D eigenvalue weighted by Crippen LogP contribution is -2.07. The number of hydrogen-bond donors (Lipinski definition) is 2. The molecular formula is C17H19Cl2NO3. The molecule has 0 saturated heterocycles. The summed E-state index contributed by atoms with van der Waals surface area (Å²) in [5.74, 6) is 1.28. The van der Waals surface area contributed by atoms with Gasteiger partial charge in [0.25, 0.3) is 0 Å². The largest absolute Gasteiger partial charge is 0.505 e. The maximum atomic E-state index is 9.56. The molecule has 23 heavy (non-hydrogen) atoms. The van der Waals surface area contributed by atoms with Crippen LogP contribution in [0.3, 0.4) is 0 Å². The lowest BCUT2D eigenvalue weighted by molar-refractivity contribution is 0.230. The molecule has 0 aliphatic carbocycles. The van der Waals surface area contributed by atoms with Gasteiger partial charge in [-0.3, -0.25) is 0 Å².